The number of hydrogen-bond acceptors (Lipinski definition) is 4. The van der Waals surface area contributed by atoms with Gasteiger partial charge in [0.1, 0.15) is 11.5 Å². The standard InChI is InChI=1S/C16H22FN3O/c1-11(2)19-9-13-7-8-18-16(15(13)17)20(4)10-14-6-5-12(3)21-14/h5-8,11,19H,9-10H2,1-4H3. The van der Waals surface area contributed by atoms with Gasteiger partial charge in [0.25, 0.3) is 0 Å². The molecule has 0 aliphatic rings. The maximum atomic E-state index is 14.5. The van der Waals surface area contributed by atoms with Crippen molar-refractivity contribution < 1.29 is 8.81 Å². The number of halogens is 1. The summed E-state index contributed by atoms with van der Waals surface area (Å²) < 4.78 is 20.0. The number of rotatable bonds is 6. The Balaban J connectivity index is 2.13. The molecule has 0 aromatic carbocycles. The second kappa shape index (κ2) is 6.72. The normalized spacial score (nSPS) is 11.1. The van der Waals surface area contributed by atoms with E-state index in [1.165, 1.54) is 0 Å². The molecule has 2 heterocycles. The van der Waals surface area contributed by atoms with Crippen molar-refractivity contribution in [3.05, 3.63) is 47.3 Å². The maximum absolute atomic E-state index is 14.5. The molecular weight excluding hydrogens is 269 g/mol. The van der Waals surface area contributed by atoms with Crippen molar-refractivity contribution in [2.45, 2.75) is 39.9 Å². The molecule has 2 rings (SSSR count). The summed E-state index contributed by atoms with van der Waals surface area (Å²) in [5.41, 5.74) is 0.621. The molecule has 5 heteroatoms. The molecule has 0 spiro atoms. The third-order valence-electron chi connectivity index (χ3n) is 3.20. The zero-order valence-corrected chi connectivity index (χ0v) is 13.0. The largest absolute Gasteiger partial charge is 0.464 e. The zero-order chi connectivity index (χ0) is 15.4. The molecule has 0 saturated heterocycles. The number of anilines is 1. The Morgan fingerprint density at radius 2 is 2.10 bits per heavy atom. The molecule has 0 unspecified atom stereocenters. The SMILES string of the molecule is Cc1ccc(CN(C)c2nccc(CNC(C)C)c2F)o1. The van der Waals surface area contributed by atoms with Crippen LogP contribution in [-0.2, 0) is 13.1 Å². The number of pyridine rings is 1. The number of aromatic nitrogens is 1. The number of nitrogens with one attached hydrogen (secondary N) is 1. The highest BCUT2D eigenvalue weighted by molar-refractivity contribution is 5.42. The van der Waals surface area contributed by atoms with Crippen LogP contribution in [0.5, 0.6) is 0 Å². The molecule has 0 saturated carbocycles. The lowest BCUT2D eigenvalue weighted by molar-refractivity contribution is 0.479. The molecule has 21 heavy (non-hydrogen) atoms. The van der Waals surface area contributed by atoms with Gasteiger partial charge in [0.2, 0.25) is 0 Å². The molecule has 0 fully saturated rings. The zero-order valence-electron chi connectivity index (χ0n) is 13.0. The summed E-state index contributed by atoms with van der Waals surface area (Å²) in [7, 11) is 1.81. The van der Waals surface area contributed by atoms with Crippen LogP contribution in [0.25, 0.3) is 0 Å². The second-order valence-electron chi connectivity index (χ2n) is 5.51. The first kappa shape index (κ1) is 15.5. The van der Waals surface area contributed by atoms with Crippen molar-refractivity contribution in [2.24, 2.45) is 0 Å². The van der Waals surface area contributed by atoms with E-state index in [-0.39, 0.29) is 5.82 Å². The van der Waals surface area contributed by atoms with E-state index in [1.54, 1.807) is 17.2 Å². The number of furan rings is 1. The molecule has 0 atom stereocenters. The van der Waals surface area contributed by atoms with E-state index in [2.05, 4.69) is 10.3 Å². The van der Waals surface area contributed by atoms with E-state index in [4.69, 9.17) is 4.42 Å². The van der Waals surface area contributed by atoms with E-state index < -0.39 is 0 Å². The van der Waals surface area contributed by atoms with E-state index in [0.717, 1.165) is 11.5 Å². The molecule has 4 nitrogen and oxygen atoms in total. The van der Waals surface area contributed by atoms with Gasteiger partial charge in [0, 0.05) is 31.4 Å². The van der Waals surface area contributed by atoms with Crippen LogP contribution in [0.15, 0.2) is 28.8 Å². The summed E-state index contributed by atoms with van der Waals surface area (Å²) in [6.45, 7) is 6.93. The molecule has 0 aliphatic carbocycles. The summed E-state index contributed by atoms with van der Waals surface area (Å²) in [6.07, 6.45) is 1.64. The van der Waals surface area contributed by atoms with Gasteiger partial charge < -0.3 is 14.6 Å². The average molecular weight is 291 g/mol. The van der Waals surface area contributed by atoms with E-state index >= 15 is 0 Å². The number of aryl methyl sites for hydroxylation is 1. The molecule has 0 radical (unpaired) electrons. The van der Waals surface area contributed by atoms with Gasteiger partial charge in [0.15, 0.2) is 11.6 Å². The third-order valence-corrected chi connectivity index (χ3v) is 3.20. The van der Waals surface area contributed by atoms with E-state index in [0.29, 0.717) is 30.5 Å². The van der Waals surface area contributed by atoms with Crippen LogP contribution < -0.4 is 10.2 Å². The van der Waals surface area contributed by atoms with E-state index in [1.807, 2.05) is 40.0 Å². The first-order chi connectivity index (χ1) is 9.97. The first-order valence-corrected chi connectivity index (χ1v) is 7.10. The highest BCUT2D eigenvalue weighted by Gasteiger charge is 2.15. The van der Waals surface area contributed by atoms with Crippen molar-refractivity contribution >= 4 is 5.82 Å². The van der Waals surface area contributed by atoms with Crippen LogP contribution in [0.4, 0.5) is 10.2 Å². The number of hydrogen-bond donors (Lipinski definition) is 1. The molecule has 1 N–H and O–H groups in total. The minimum Gasteiger partial charge on any atom is -0.464 e. The van der Waals surface area contributed by atoms with Gasteiger partial charge in [-0.3, -0.25) is 0 Å². The van der Waals surface area contributed by atoms with Gasteiger partial charge in [-0.25, -0.2) is 9.37 Å². The van der Waals surface area contributed by atoms with Crippen LogP contribution in [0.2, 0.25) is 0 Å². The lowest BCUT2D eigenvalue weighted by Crippen LogP contribution is -2.24. The van der Waals surface area contributed by atoms with Gasteiger partial charge in [-0.1, -0.05) is 13.8 Å². The molecular formula is C16H22FN3O. The monoisotopic (exact) mass is 291 g/mol. The molecule has 2 aromatic rings. The fraction of sp³-hybridized carbons (Fsp3) is 0.438. The smallest absolute Gasteiger partial charge is 0.170 e. The van der Waals surface area contributed by atoms with Crippen molar-refractivity contribution in [1.29, 1.82) is 0 Å². The summed E-state index contributed by atoms with van der Waals surface area (Å²) in [4.78, 5) is 5.91. The van der Waals surface area contributed by atoms with Crippen molar-refractivity contribution in [3.63, 3.8) is 0 Å². The maximum Gasteiger partial charge on any atom is 0.170 e. The van der Waals surface area contributed by atoms with Crippen LogP contribution in [0, 0.1) is 12.7 Å². The fourth-order valence-corrected chi connectivity index (χ4v) is 2.07. The molecule has 2 aromatic heterocycles. The Hall–Kier alpha value is -1.88. The Morgan fingerprint density at radius 1 is 1.33 bits per heavy atom. The van der Waals surface area contributed by atoms with E-state index in [9.17, 15) is 4.39 Å². The summed E-state index contributed by atoms with van der Waals surface area (Å²) >= 11 is 0. The molecule has 0 bridgehead atoms. The first-order valence-electron chi connectivity index (χ1n) is 7.10. The predicted octanol–water partition coefficient (Wildman–Crippen LogP) is 3.26. The van der Waals surface area contributed by atoms with Gasteiger partial charge in [-0.05, 0) is 25.1 Å². The minimum absolute atomic E-state index is 0.281. The minimum atomic E-state index is -0.281. The van der Waals surface area contributed by atoms with Crippen LogP contribution in [0.3, 0.4) is 0 Å². The number of nitrogens with zero attached hydrogens (tertiary/aromatic N) is 2. The molecule has 0 aliphatic heterocycles. The molecule has 114 valence electrons. The van der Waals surface area contributed by atoms with Gasteiger partial charge in [-0.2, -0.15) is 0 Å². The predicted molar refractivity (Wildman–Crippen MR) is 81.7 cm³/mol. The van der Waals surface area contributed by atoms with Crippen molar-refractivity contribution in [3.8, 4) is 0 Å². The topological polar surface area (TPSA) is 41.3 Å². The highest BCUT2D eigenvalue weighted by atomic mass is 19.1. The summed E-state index contributed by atoms with van der Waals surface area (Å²) in [6, 6.07) is 5.81. The Labute approximate surface area is 125 Å². The quantitative estimate of drug-likeness (QED) is 0.887. The summed E-state index contributed by atoms with van der Waals surface area (Å²) in [5.74, 6) is 1.70. The summed E-state index contributed by atoms with van der Waals surface area (Å²) in [5, 5.41) is 3.22. The fourth-order valence-electron chi connectivity index (χ4n) is 2.07. The van der Waals surface area contributed by atoms with Crippen LogP contribution in [0.1, 0.15) is 30.9 Å². The highest BCUT2D eigenvalue weighted by Crippen LogP contribution is 2.20. The van der Waals surface area contributed by atoms with Gasteiger partial charge >= 0.3 is 0 Å². The third kappa shape index (κ3) is 4.04. The van der Waals surface area contributed by atoms with Gasteiger partial charge in [0.05, 0.1) is 6.54 Å². The van der Waals surface area contributed by atoms with Crippen molar-refractivity contribution in [1.82, 2.24) is 10.3 Å². The van der Waals surface area contributed by atoms with Crippen LogP contribution in [-0.4, -0.2) is 18.1 Å². The Kier molecular flexibility index (Phi) is 4.96. The van der Waals surface area contributed by atoms with Crippen LogP contribution >= 0.6 is 0 Å². The van der Waals surface area contributed by atoms with Gasteiger partial charge in [-0.15, -0.1) is 0 Å². The lowest BCUT2D eigenvalue weighted by atomic mass is 10.2. The molecule has 0 amide bonds. The second-order valence-corrected chi connectivity index (χ2v) is 5.51. The lowest BCUT2D eigenvalue weighted by Gasteiger charge is -2.19. The Bertz CT molecular complexity index is 595. The average Bonchev–Trinajstić information content (AvgIpc) is 2.82. The van der Waals surface area contributed by atoms with Crippen molar-refractivity contribution in [2.75, 3.05) is 11.9 Å². The Morgan fingerprint density at radius 3 is 2.71 bits per heavy atom.